The number of benzene rings is 2. The van der Waals surface area contributed by atoms with Crippen molar-refractivity contribution in [1.82, 2.24) is 0 Å². The number of nitro benzene ring substituents is 1. The minimum atomic E-state index is -0.511. The summed E-state index contributed by atoms with van der Waals surface area (Å²) in [7, 11) is 0. The van der Waals surface area contributed by atoms with Gasteiger partial charge in [-0.2, -0.15) is 0 Å². The fourth-order valence-corrected chi connectivity index (χ4v) is 2.15. The summed E-state index contributed by atoms with van der Waals surface area (Å²) in [6.45, 7) is 3.14. The summed E-state index contributed by atoms with van der Waals surface area (Å²) in [5.74, 6) is -0.297. The van der Waals surface area contributed by atoms with E-state index in [0.717, 1.165) is 11.3 Å². The molecule has 0 heterocycles. The Bertz CT molecular complexity index is 661. The number of halogens is 1. The average Bonchev–Trinajstić information content (AvgIpc) is 2.44. The maximum atomic E-state index is 13.3. The molecule has 6 heteroatoms. The van der Waals surface area contributed by atoms with Gasteiger partial charge in [0.05, 0.1) is 4.92 Å². The molecule has 0 atom stereocenters. The van der Waals surface area contributed by atoms with E-state index < -0.39 is 4.92 Å². The third kappa shape index (κ3) is 3.47. The molecule has 2 aromatic rings. The Balaban J connectivity index is 2.23. The molecule has 2 aromatic carbocycles. The monoisotopic (exact) mass is 289 g/mol. The number of rotatable bonds is 5. The van der Waals surface area contributed by atoms with E-state index in [-0.39, 0.29) is 17.2 Å². The molecule has 0 aliphatic heterocycles. The van der Waals surface area contributed by atoms with Crippen LogP contribution in [-0.2, 0) is 6.54 Å². The molecular formula is C15H16FN3O2. The lowest BCUT2D eigenvalue weighted by molar-refractivity contribution is -0.383. The van der Waals surface area contributed by atoms with Gasteiger partial charge in [0.2, 0.25) is 0 Å². The van der Waals surface area contributed by atoms with Crippen molar-refractivity contribution >= 4 is 17.1 Å². The maximum Gasteiger partial charge on any atom is 0.292 e. The first kappa shape index (κ1) is 14.8. The van der Waals surface area contributed by atoms with E-state index >= 15 is 0 Å². The van der Waals surface area contributed by atoms with Crippen LogP contribution in [0.1, 0.15) is 12.5 Å². The fraction of sp³-hybridized carbons (Fsp3) is 0.200. The molecule has 0 aromatic heterocycles. The lowest BCUT2D eigenvalue weighted by Gasteiger charge is -2.23. The number of nitrogens with two attached hydrogens (primary N) is 1. The number of hydrogen-bond acceptors (Lipinski definition) is 4. The van der Waals surface area contributed by atoms with Gasteiger partial charge in [0.1, 0.15) is 11.5 Å². The highest BCUT2D eigenvalue weighted by atomic mass is 19.1. The fourth-order valence-electron chi connectivity index (χ4n) is 2.15. The minimum absolute atomic E-state index is 0.104. The van der Waals surface area contributed by atoms with Crippen molar-refractivity contribution in [3.63, 3.8) is 0 Å². The smallest absolute Gasteiger partial charge is 0.292 e. The van der Waals surface area contributed by atoms with Crippen molar-refractivity contribution < 1.29 is 9.31 Å². The van der Waals surface area contributed by atoms with Gasteiger partial charge < -0.3 is 10.6 Å². The summed E-state index contributed by atoms with van der Waals surface area (Å²) < 4.78 is 13.3. The van der Waals surface area contributed by atoms with E-state index in [1.54, 1.807) is 18.2 Å². The van der Waals surface area contributed by atoms with Gasteiger partial charge in [0.15, 0.2) is 0 Å². The van der Waals surface area contributed by atoms with Gasteiger partial charge >= 0.3 is 0 Å². The summed E-state index contributed by atoms with van der Waals surface area (Å²) in [5.41, 5.74) is 7.31. The quantitative estimate of drug-likeness (QED) is 0.520. The maximum absolute atomic E-state index is 13.3. The van der Waals surface area contributed by atoms with Gasteiger partial charge in [-0.05, 0) is 36.8 Å². The van der Waals surface area contributed by atoms with Gasteiger partial charge in [0, 0.05) is 24.8 Å². The predicted octanol–water partition coefficient (Wildman–Crippen LogP) is 3.34. The second-order valence-corrected chi connectivity index (χ2v) is 4.64. The van der Waals surface area contributed by atoms with Crippen LogP contribution in [0.3, 0.4) is 0 Å². The molecule has 0 saturated carbocycles. The molecule has 2 N–H and O–H groups in total. The van der Waals surface area contributed by atoms with Crippen LogP contribution in [0.5, 0.6) is 0 Å². The summed E-state index contributed by atoms with van der Waals surface area (Å²) in [6, 6.07) is 11.0. The van der Waals surface area contributed by atoms with Crippen LogP contribution in [0, 0.1) is 15.9 Å². The Morgan fingerprint density at radius 3 is 2.62 bits per heavy atom. The molecule has 110 valence electrons. The van der Waals surface area contributed by atoms with Crippen molar-refractivity contribution in [2.45, 2.75) is 13.5 Å². The first-order valence-corrected chi connectivity index (χ1v) is 6.54. The molecule has 2 rings (SSSR count). The van der Waals surface area contributed by atoms with Gasteiger partial charge in [-0.3, -0.25) is 10.1 Å². The molecule has 0 aliphatic rings. The normalized spacial score (nSPS) is 10.4. The third-order valence-corrected chi connectivity index (χ3v) is 3.22. The Kier molecular flexibility index (Phi) is 4.37. The van der Waals surface area contributed by atoms with Crippen LogP contribution >= 0.6 is 0 Å². The molecular weight excluding hydrogens is 273 g/mol. The second-order valence-electron chi connectivity index (χ2n) is 4.64. The number of nitrogens with zero attached hydrogens (tertiary/aromatic N) is 2. The number of nitrogen functional groups attached to an aromatic ring is 1. The molecule has 0 radical (unpaired) electrons. The summed E-state index contributed by atoms with van der Waals surface area (Å²) >= 11 is 0. The molecule has 0 amide bonds. The van der Waals surface area contributed by atoms with Crippen LogP contribution in [0.15, 0.2) is 42.5 Å². The van der Waals surface area contributed by atoms with E-state index in [1.807, 2.05) is 17.9 Å². The largest absolute Gasteiger partial charge is 0.393 e. The van der Waals surface area contributed by atoms with Crippen molar-refractivity contribution in [1.29, 1.82) is 0 Å². The average molecular weight is 289 g/mol. The zero-order chi connectivity index (χ0) is 15.4. The molecule has 0 bridgehead atoms. The highest BCUT2D eigenvalue weighted by Crippen LogP contribution is 2.24. The van der Waals surface area contributed by atoms with Crippen LogP contribution in [0.4, 0.5) is 21.5 Å². The summed E-state index contributed by atoms with van der Waals surface area (Å²) in [6.07, 6.45) is 0. The predicted molar refractivity (Wildman–Crippen MR) is 80.6 cm³/mol. The Morgan fingerprint density at radius 1 is 1.29 bits per heavy atom. The minimum Gasteiger partial charge on any atom is -0.393 e. The molecule has 5 nitrogen and oxygen atoms in total. The van der Waals surface area contributed by atoms with Crippen molar-refractivity contribution in [3.05, 3.63) is 64.0 Å². The van der Waals surface area contributed by atoms with Crippen molar-refractivity contribution in [3.8, 4) is 0 Å². The van der Waals surface area contributed by atoms with Gasteiger partial charge in [-0.1, -0.05) is 12.1 Å². The lowest BCUT2D eigenvalue weighted by atomic mass is 10.1. The molecule has 21 heavy (non-hydrogen) atoms. The second kappa shape index (κ2) is 6.21. The molecule has 0 spiro atoms. The van der Waals surface area contributed by atoms with Crippen molar-refractivity contribution in [2.75, 3.05) is 17.2 Å². The lowest BCUT2D eigenvalue weighted by Crippen LogP contribution is -2.22. The van der Waals surface area contributed by atoms with Gasteiger partial charge in [-0.15, -0.1) is 0 Å². The molecule has 0 unspecified atom stereocenters. The van der Waals surface area contributed by atoms with Crippen molar-refractivity contribution in [2.24, 2.45) is 0 Å². The first-order valence-electron chi connectivity index (χ1n) is 6.54. The number of nitro groups is 1. The van der Waals surface area contributed by atoms with E-state index in [0.29, 0.717) is 13.1 Å². The van der Waals surface area contributed by atoms with Crippen LogP contribution < -0.4 is 10.6 Å². The standard InChI is InChI=1S/C15H16FN3O2/c1-2-18(13-5-3-4-12(16)9-13)10-11-6-7-15(19(20)21)14(17)8-11/h3-9H,2,10,17H2,1H3. The Morgan fingerprint density at radius 2 is 2.05 bits per heavy atom. The van der Waals surface area contributed by atoms with Gasteiger partial charge in [0.25, 0.3) is 5.69 Å². The first-order chi connectivity index (χ1) is 10.0. The van der Waals surface area contributed by atoms with Crippen LogP contribution in [0.25, 0.3) is 0 Å². The van der Waals surface area contributed by atoms with Gasteiger partial charge in [-0.25, -0.2) is 4.39 Å². The zero-order valence-electron chi connectivity index (χ0n) is 11.6. The Hall–Kier alpha value is -2.63. The van der Waals surface area contributed by atoms with E-state index in [2.05, 4.69) is 0 Å². The molecule has 0 aliphatic carbocycles. The highest BCUT2D eigenvalue weighted by molar-refractivity contribution is 5.60. The zero-order valence-corrected chi connectivity index (χ0v) is 11.6. The molecule has 0 fully saturated rings. The topological polar surface area (TPSA) is 72.4 Å². The number of anilines is 2. The van der Waals surface area contributed by atoms with Crippen LogP contribution in [-0.4, -0.2) is 11.5 Å². The van der Waals surface area contributed by atoms with E-state index in [4.69, 9.17) is 5.73 Å². The molecule has 0 saturated heterocycles. The number of hydrogen-bond donors (Lipinski definition) is 1. The van der Waals surface area contributed by atoms with Crippen LogP contribution in [0.2, 0.25) is 0 Å². The SMILES string of the molecule is CCN(Cc1ccc([N+](=O)[O-])c(N)c1)c1cccc(F)c1. The third-order valence-electron chi connectivity index (χ3n) is 3.22. The van der Waals surface area contributed by atoms with E-state index in [1.165, 1.54) is 18.2 Å². The summed E-state index contributed by atoms with van der Waals surface area (Å²) in [4.78, 5) is 12.2. The van der Waals surface area contributed by atoms with E-state index in [9.17, 15) is 14.5 Å². The Labute approximate surface area is 122 Å². The highest BCUT2D eigenvalue weighted by Gasteiger charge is 2.13. The summed E-state index contributed by atoms with van der Waals surface area (Å²) in [5, 5.41) is 10.7.